The average Bonchev–Trinajstić information content (AvgIpc) is 2.00. The van der Waals surface area contributed by atoms with Crippen LogP contribution in [0.3, 0.4) is 0 Å². The Morgan fingerprint density at radius 1 is 1.54 bits per heavy atom. The molecule has 0 rings (SSSR count). The number of nitrogens with zero attached hydrogens (tertiary/aromatic N) is 1. The zero-order valence-electron chi connectivity index (χ0n) is 7.39. The van der Waals surface area contributed by atoms with E-state index in [4.69, 9.17) is 0 Å². The first-order valence-corrected chi connectivity index (χ1v) is 3.67. The maximum Gasteiger partial charge on any atom is 0.508 e. The van der Waals surface area contributed by atoms with Crippen LogP contribution in [-0.2, 0) is 14.3 Å². The molecule has 7 nitrogen and oxygen atoms in total. The average molecular weight is 193 g/mol. The van der Waals surface area contributed by atoms with E-state index in [2.05, 4.69) is 14.3 Å². The molecular weight excluding hydrogens is 182 g/mol. The summed E-state index contributed by atoms with van der Waals surface area (Å²) in [5.41, 5.74) is 0. The molecule has 76 valence electrons. The highest BCUT2D eigenvalue weighted by molar-refractivity contribution is 5.59. The van der Waals surface area contributed by atoms with Crippen molar-refractivity contribution < 1.29 is 24.2 Å². The van der Waals surface area contributed by atoms with E-state index in [1.54, 1.807) is 6.92 Å². The lowest BCUT2D eigenvalue weighted by molar-refractivity contribution is -0.767. The highest BCUT2D eigenvalue weighted by Gasteiger charge is 2.10. The van der Waals surface area contributed by atoms with Crippen LogP contribution in [0.5, 0.6) is 0 Å². The Morgan fingerprint density at radius 3 is 2.62 bits per heavy atom. The molecule has 0 aliphatic heterocycles. The molecule has 0 saturated heterocycles. The van der Waals surface area contributed by atoms with Crippen molar-refractivity contribution in [3.8, 4) is 0 Å². The predicted octanol–water partition coefficient (Wildman–Crippen LogP) is 0.756. The molecule has 0 aliphatic carbocycles. The largest absolute Gasteiger partial charge is 0.508 e. The summed E-state index contributed by atoms with van der Waals surface area (Å²) in [7, 11) is 0. The van der Waals surface area contributed by atoms with E-state index in [-0.39, 0.29) is 13.2 Å². The second kappa shape index (κ2) is 6.04. The van der Waals surface area contributed by atoms with E-state index in [1.165, 1.54) is 6.92 Å². The minimum atomic E-state index is -0.945. The standard InChI is InChI=1S/C6H11NO6/c1-3-11-6(8)12-4-5(2)13-7(9)10/h5H,3-4H2,1-2H3. The lowest BCUT2D eigenvalue weighted by Crippen LogP contribution is -2.22. The van der Waals surface area contributed by atoms with Crippen LogP contribution in [0.4, 0.5) is 4.79 Å². The van der Waals surface area contributed by atoms with Crippen LogP contribution in [0.25, 0.3) is 0 Å². The monoisotopic (exact) mass is 193 g/mol. The van der Waals surface area contributed by atoms with E-state index in [1.807, 2.05) is 0 Å². The van der Waals surface area contributed by atoms with E-state index < -0.39 is 17.3 Å². The number of carbonyl (C=O) groups excluding carboxylic acids is 1. The van der Waals surface area contributed by atoms with Gasteiger partial charge in [0.1, 0.15) is 12.7 Å². The minimum Gasteiger partial charge on any atom is -0.435 e. The maximum absolute atomic E-state index is 10.6. The van der Waals surface area contributed by atoms with Crippen LogP contribution in [0, 0.1) is 10.1 Å². The molecule has 0 spiro atoms. The van der Waals surface area contributed by atoms with Gasteiger partial charge in [0.15, 0.2) is 0 Å². The van der Waals surface area contributed by atoms with Crippen molar-refractivity contribution in [3.63, 3.8) is 0 Å². The highest BCUT2D eigenvalue weighted by Crippen LogP contribution is 1.94. The van der Waals surface area contributed by atoms with Crippen molar-refractivity contribution in [2.45, 2.75) is 20.0 Å². The number of carbonyl (C=O) groups is 1. The van der Waals surface area contributed by atoms with Gasteiger partial charge in [-0.05, 0) is 13.8 Å². The number of ether oxygens (including phenoxy) is 2. The summed E-state index contributed by atoms with van der Waals surface area (Å²) in [5.74, 6) is 0. The zero-order chi connectivity index (χ0) is 10.3. The van der Waals surface area contributed by atoms with Crippen LogP contribution in [0.2, 0.25) is 0 Å². The fourth-order valence-corrected chi connectivity index (χ4v) is 0.522. The fourth-order valence-electron chi connectivity index (χ4n) is 0.522. The second-order valence-electron chi connectivity index (χ2n) is 2.13. The molecule has 0 bridgehead atoms. The van der Waals surface area contributed by atoms with Gasteiger partial charge in [0.25, 0.3) is 5.09 Å². The molecule has 7 heteroatoms. The molecule has 0 aromatic heterocycles. The first-order chi connectivity index (χ1) is 6.06. The third kappa shape index (κ3) is 6.85. The van der Waals surface area contributed by atoms with E-state index >= 15 is 0 Å². The summed E-state index contributed by atoms with van der Waals surface area (Å²) < 4.78 is 8.87. The van der Waals surface area contributed by atoms with Crippen molar-refractivity contribution in [1.29, 1.82) is 0 Å². The summed E-state index contributed by atoms with van der Waals surface area (Å²) in [5, 5.41) is 8.85. The van der Waals surface area contributed by atoms with Crippen molar-refractivity contribution in [3.05, 3.63) is 10.1 Å². The number of rotatable bonds is 5. The van der Waals surface area contributed by atoms with Crippen molar-refractivity contribution in [2.24, 2.45) is 0 Å². The molecule has 0 saturated carbocycles. The van der Waals surface area contributed by atoms with Gasteiger partial charge in [0.2, 0.25) is 0 Å². The van der Waals surface area contributed by atoms with Gasteiger partial charge in [0.05, 0.1) is 6.61 Å². The molecule has 0 aromatic rings. The van der Waals surface area contributed by atoms with Crippen LogP contribution >= 0.6 is 0 Å². The molecule has 13 heavy (non-hydrogen) atoms. The molecule has 0 fully saturated rings. The molecule has 0 N–H and O–H groups in total. The Hall–Kier alpha value is -1.53. The quantitative estimate of drug-likeness (QED) is 0.363. The molecule has 1 atom stereocenters. The molecule has 0 heterocycles. The Labute approximate surface area is 74.7 Å². The summed E-state index contributed by atoms with van der Waals surface area (Å²) in [6, 6.07) is 0. The normalized spacial score (nSPS) is 11.5. The fraction of sp³-hybridized carbons (Fsp3) is 0.833. The highest BCUT2D eigenvalue weighted by atomic mass is 17.0. The van der Waals surface area contributed by atoms with E-state index in [0.29, 0.717) is 0 Å². The SMILES string of the molecule is CCOC(=O)OCC(C)O[N+](=O)[O-]. The number of hydrogen-bond donors (Lipinski definition) is 0. The lowest BCUT2D eigenvalue weighted by Gasteiger charge is -2.09. The van der Waals surface area contributed by atoms with Gasteiger partial charge in [-0.25, -0.2) is 4.79 Å². The Bertz CT molecular complexity index is 182. The molecule has 0 amide bonds. The lowest BCUT2D eigenvalue weighted by atomic mass is 10.4. The van der Waals surface area contributed by atoms with Gasteiger partial charge in [-0.15, -0.1) is 10.1 Å². The number of hydrogen-bond acceptors (Lipinski definition) is 6. The van der Waals surface area contributed by atoms with Crippen molar-refractivity contribution in [1.82, 2.24) is 0 Å². The second-order valence-corrected chi connectivity index (χ2v) is 2.13. The predicted molar refractivity (Wildman–Crippen MR) is 40.5 cm³/mol. The molecule has 1 unspecified atom stereocenters. The zero-order valence-corrected chi connectivity index (χ0v) is 7.39. The third-order valence-electron chi connectivity index (χ3n) is 0.964. The summed E-state index contributed by atoms with van der Waals surface area (Å²) in [6.07, 6.45) is -1.65. The molecule has 0 aromatic carbocycles. The van der Waals surface area contributed by atoms with E-state index in [9.17, 15) is 14.9 Å². The van der Waals surface area contributed by atoms with Crippen LogP contribution in [0.1, 0.15) is 13.8 Å². The Kier molecular flexibility index (Phi) is 5.33. The van der Waals surface area contributed by atoms with Gasteiger partial charge >= 0.3 is 6.16 Å². The van der Waals surface area contributed by atoms with Crippen LogP contribution < -0.4 is 0 Å². The van der Waals surface area contributed by atoms with E-state index in [0.717, 1.165) is 0 Å². The van der Waals surface area contributed by atoms with Crippen molar-refractivity contribution >= 4 is 6.16 Å². The van der Waals surface area contributed by atoms with Crippen LogP contribution in [0.15, 0.2) is 0 Å². The van der Waals surface area contributed by atoms with Gasteiger partial charge < -0.3 is 14.3 Å². The maximum atomic E-state index is 10.6. The Balaban J connectivity index is 3.51. The minimum absolute atomic E-state index is 0.198. The van der Waals surface area contributed by atoms with Gasteiger partial charge in [-0.1, -0.05) is 0 Å². The molecular formula is C6H11NO6. The van der Waals surface area contributed by atoms with Crippen molar-refractivity contribution in [2.75, 3.05) is 13.2 Å². The van der Waals surface area contributed by atoms with Crippen LogP contribution in [-0.4, -0.2) is 30.6 Å². The first kappa shape index (κ1) is 11.5. The van der Waals surface area contributed by atoms with Gasteiger partial charge in [-0.3, -0.25) is 0 Å². The summed E-state index contributed by atoms with van der Waals surface area (Å²) in [6.45, 7) is 3.02. The summed E-state index contributed by atoms with van der Waals surface area (Å²) in [4.78, 5) is 24.4. The molecule has 0 aliphatic rings. The van der Waals surface area contributed by atoms with Gasteiger partial charge in [0, 0.05) is 0 Å². The topological polar surface area (TPSA) is 87.9 Å². The smallest absolute Gasteiger partial charge is 0.435 e. The Morgan fingerprint density at radius 2 is 2.15 bits per heavy atom. The van der Waals surface area contributed by atoms with Gasteiger partial charge in [-0.2, -0.15) is 0 Å². The molecule has 0 radical (unpaired) electrons. The first-order valence-electron chi connectivity index (χ1n) is 3.67. The third-order valence-corrected chi connectivity index (χ3v) is 0.964. The summed E-state index contributed by atoms with van der Waals surface area (Å²) >= 11 is 0.